The Bertz CT molecular complexity index is 1250. The maximum Gasteiger partial charge on any atom is 0.255 e. The van der Waals surface area contributed by atoms with E-state index < -0.39 is 29.8 Å². The third-order valence-electron chi connectivity index (χ3n) is 7.04. The van der Waals surface area contributed by atoms with E-state index in [0.29, 0.717) is 29.4 Å². The Balaban J connectivity index is 1.84. The standard InChI is InChI=1S/C32H43ClN4O6/c1-20(2)16-23-19-43-28-9-7-6-8-25(28)30(39)36-26(18-29(38)35-27(17-21(3)4)32(41)37(23)5)31(40)34-14-15-42-24-12-10-22(33)11-13-24/h6-13,20-21,23,26-27H,14-19H2,1-5H3,(H,34,40)(H,35,38)(H,36,39)/t23-,26+,27-/m1/s1. The second-order valence-corrected chi connectivity index (χ2v) is 12.0. The van der Waals surface area contributed by atoms with Gasteiger partial charge in [0.2, 0.25) is 17.7 Å². The molecule has 0 spiro atoms. The molecule has 0 bridgehead atoms. The smallest absolute Gasteiger partial charge is 0.255 e. The van der Waals surface area contributed by atoms with E-state index in [2.05, 4.69) is 29.8 Å². The summed E-state index contributed by atoms with van der Waals surface area (Å²) >= 11 is 5.90. The zero-order valence-corrected chi connectivity index (χ0v) is 26.3. The molecule has 0 saturated carbocycles. The highest BCUT2D eigenvalue weighted by Crippen LogP contribution is 2.22. The number of hydrogen-bond acceptors (Lipinski definition) is 6. The van der Waals surface area contributed by atoms with Crippen molar-refractivity contribution in [2.75, 3.05) is 26.8 Å². The maximum atomic E-state index is 13.7. The van der Waals surface area contributed by atoms with Gasteiger partial charge in [0.25, 0.3) is 5.91 Å². The summed E-state index contributed by atoms with van der Waals surface area (Å²) < 4.78 is 11.8. The van der Waals surface area contributed by atoms with E-state index in [4.69, 9.17) is 21.1 Å². The second kappa shape index (κ2) is 16.2. The molecule has 43 heavy (non-hydrogen) atoms. The van der Waals surface area contributed by atoms with Gasteiger partial charge in [-0.15, -0.1) is 0 Å². The van der Waals surface area contributed by atoms with Gasteiger partial charge in [-0.1, -0.05) is 51.4 Å². The van der Waals surface area contributed by atoms with Gasteiger partial charge in [0.15, 0.2) is 0 Å². The lowest BCUT2D eigenvalue weighted by atomic mass is 9.99. The number of ether oxygens (including phenoxy) is 2. The summed E-state index contributed by atoms with van der Waals surface area (Å²) in [5.41, 5.74) is 0.221. The molecule has 1 aliphatic rings. The minimum Gasteiger partial charge on any atom is -0.492 e. The van der Waals surface area contributed by atoms with Crippen LogP contribution in [0.15, 0.2) is 48.5 Å². The molecule has 11 heteroatoms. The molecule has 1 heterocycles. The first-order valence-corrected chi connectivity index (χ1v) is 15.1. The van der Waals surface area contributed by atoms with Gasteiger partial charge in [0, 0.05) is 12.1 Å². The van der Waals surface area contributed by atoms with Crippen molar-refractivity contribution < 1.29 is 28.7 Å². The Morgan fingerprint density at radius 3 is 2.37 bits per heavy atom. The molecule has 0 fully saturated rings. The number of carbonyl (C=O) groups is 4. The molecule has 4 amide bonds. The molecular formula is C32H43ClN4O6. The Labute approximate surface area is 258 Å². The molecule has 2 aromatic rings. The fourth-order valence-corrected chi connectivity index (χ4v) is 4.97. The number of hydrogen-bond donors (Lipinski definition) is 3. The number of fused-ring (bicyclic) bond motifs is 1. The topological polar surface area (TPSA) is 126 Å². The number of rotatable bonds is 9. The minimum atomic E-state index is -1.21. The predicted octanol–water partition coefficient (Wildman–Crippen LogP) is 3.82. The number of nitrogens with one attached hydrogen (secondary N) is 3. The van der Waals surface area contributed by atoms with Gasteiger partial charge in [-0.3, -0.25) is 19.2 Å². The van der Waals surface area contributed by atoms with E-state index in [1.807, 2.05) is 13.8 Å². The number of likely N-dealkylation sites (N-methyl/N-ethyl adjacent to an activating group) is 1. The van der Waals surface area contributed by atoms with Crippen LogP contribution >= 0.6 is 11.6 Å². The zero-order valence-electron chi connectivity index (χ0n) is 25.5. The molecule has 3 N–H and O–H groups in total. The summed E-state index contributed by atoms with van der Waals surface area (Å²) in [5, 5.41) is 8.83. The summed E-state index contributed by atoms with van der Waals surface area (Å²) in [5.74, 6) is -0.565. The fourth-order valence-electron chi connectivity index (χ4n) is 4.85. The second-order valence-electron chi connectivity index (χ2n) is 11.6. The van der Waals surface area contributed by atoms with Crippen LogP contribution in [0.3, 0.4) is 0 Å². The third-order valence-corrected chi connectivity index (χ3v) is 7.29. The Hall–Kier alpha value is -3.79. The highest BCUT2D eigenvalue weighted by atomic mass is 35.5. The summed E-state index contributed by atoms with van der Waals surface area (Å²) in [6, 6.07) is 11.2. The van der Waals surface area contributed by atoms with Crippen molar-refractivity contribution in [3.8, 4) is 11.5 Å². The molecule has 0 aliphatic carbocycles. The molecule has 3 rings (SSSR count). The summed E-state index contributed by atoms with van der Waals surface area (Å²) in [7, 11) is 1.71. The highest BCUT2D eigenvalue weighted by Gasteiger charge is 2.32. The molecule has 0 aromatic heterocycles. The van der Waals surface area contributed by atoms with Crippen LogP contribution in [0.4, 0.5) is 0 Å². The average Bonchev–Trinajstić information content (AvgIpc) is 2.96. The van der Waals surface area contributed by atoms with Crippen LogP contribution < -0.4 is 25.4 Å². The first-order valence-electron chi connectivity index (χ1n) is 14.7. The maximum absolute atomic E-state index is 13.7. The summed E-state index contributed by atoms with van der Waals surface area (Å²) in [4.78, 5) is 55.3. The Kier molecular flexibility index (Phi) is 12.7. The van der Waals surface area contributed by atoms with Crippen molar-refractivity contribution in [3.63, 3.8) is 0 Å². The number of halogens is 1. The lowest BCUT2D eigenvalue weighted by Gasteiger charge is -2.33. The van der Waals surface area contributed by atoms with Crippen molar-refractivity contribution >= 4 is 35.2 Å². The van der Waals surface area contributed by atoms with Gasteiger partial charge in [0.05, 0.1) is 24.6 Å². The largest absolute Gasteiger partial charge is 0.492 e. The van der Waals surface area contributed by atoms with Crippen LogP contribution in [-0.2, 0) is 14.4 Å². The van der Waals surface area contributed by atoms with E-state index in [1.54, 1.807) is 60.5 Å². The minimum absolute atomic E-state index is 0.118. The van der Waals surface area contributed by atoms with Crippen molar-refractivity contribution in [1.82, 2.24) is 20.9 Å². The van der Waals surface area contributed by atoms with Gasteiger partial charge in [-0.05, 0) is 61.1 Å². The molecule has 0 radical (unpaired) electrons. The lowest BCUT2D eigenvalue weighted by molar-refractivity contribution is -0.138. The number of benzene rings is 2. The Morgan fingerprint density at radius 1 is 1.02 bits per heavy atom. The van der Waals surface area contributed by atoms with E-state index in [1.165, 1.54) is 0 Å². The number of carbonyl (C=O) groups excluding carboxylic acids is 4. The van der Waals surface area contributed by atoms with Gasteiger partial charge >= 0.3 is 0 Å². The molecule has 0 saturated heterocycles. The van der Waals surface area contributed by atoms with E-state index in [0.717, 1.165) is 0 Å². The van der Waals surface area contributed by atoms with E-state index in [9.17, 15) is 19.2 Å². The van der Waals surface area contributed by atoms with Gasteiger partial charge < -0.3 is 30.3 Å². The van der Waals surface area contributed by atoms with Crippen LogP contribution in [0.5, 0.6) is 11.5 Å². The van der Waals surface area contributed by atoms with Gasteiger partial charge in [-0.2, -0.15) is 0 Å². The quantitative estimate of drug-likeness (QED) is 0.369. The van der Waals surface area contributed by atoms with Gasteiger partial charge in [0.1, 0.15) is 36.8 Å². The van der Waals surface area contributed by atoms with Crippen LogP contribution in [0.1, 0.15) is 57.3 Å². The summed E-state index contributed by atoms with van der Waals surface area (Å²) in [6.07, 6.45) is 0.723. The number of para-hydroxylation sites is 1. The molecule has 2 aromatic carbocycles. The fraction of sp³-hybridized carbons (Fsp3) is 0.500. The normalized spacial score (nSPS) is 20.0. The first-order chi connectivity index (χ1) is 20.4. The molecule has 234 valence electrons. The lowest BCUT2D eigenvalue weighted by Crippen LogP contribution is -2.55. The predicted molar refractivity (Wildman–Crippen MR) is 165 cm³/mol. The van der Waals surface area contributed by atoms with Crippen LogP contribution in [0.25, 0.3) is 0 Å². The van der Waals surface area contributed by atoms with E-state index in [-0.39, 0.29) is 55.5 Å². The van der Waals surface area contributed by atoms with Crippen LogP contribution in [0, 0.1) is 11.8 Å². The van der Waals surface area contributed by atoms with Gasteiger partial charge in [-0.25, -0.2) is 0 Å². The molecule has 10 nitrogen and oxygen atoms in total. The molecule has 3 atom stereocenters. The van der Waals surface area contributed by atoms with E-state index >= 15 is 0 Å². The average molecular weight is 615 g/mol. The zero-order chi connectivity index (χ0) is 31.5. The SMILES string of the molecule is CC(C)C[C@@H]1COc2ccccc2C(=O)N[C@H](C(=O)NCCOc2ccc(Cl)cc2)CC(=O)N[C@H](CC(C)C)C(=O)N1C. The number of amides is 4. The van der Waals surface area contributed by atoms with Crippen LogP contribution in [0.2, 0.25) is 5.02 Å². The monoisotopic (exact) mass is 614 g/mol. The highest BCUT2D eigenvalue weighted by molar-refractivity contribution is 6.30. The van der Waals surface area contributed by atoms with Crippen molar-refractivity contribution in [2.45, 2.75) is 65.1 Å². The first kappa shape index (κ1) is 33.7. The van der Waals surface area contributed by atoms with Crippen molar-refractivity contribution in [2.24, 2.45) is 11.8 Å². The number of nitrogens with zero attached hydrogens (tertiary/aromatic N) is 1. The third kappa shape index (κ3) is 10.5. The molecular weight excluding hydrogens is 572 g/mol. The van der Waals surface area contributed by atoms with Crippen LogP contribution in [-0.4, -0.2) is 73.5 Å². The molecule has 0 unspecified atom stereocenters. The molecule has 1 aliphatic heterocycles. The van der Waals surface area contributed by atoms with Crippen molar-refractivity contribution in [1.29, 1.82) is 0 Å². The van der Waals surface area contributed by atoms with Crippen molar-refractivity contribution in [3.05, 3.63) is 59.1 Å². The Morgan fingerprint density at radius 2 is 1.70 bits per heavy atom. The summed E-state index contributed by atoms with van der Waals surface area (Å²) in [6.45, 7) is 8.51.